The molecule has 1 atom stereocenters. The van der Waals surface area contributed by atoms with Gasteiger partial charge in [0.2, 0.25) is 5.91 Å². The fraction of sp³-hybridized carbons (Fsp3) is 0.714. The number of hydrogen-bond donors (Lipinski definition) is 2. The van der Waals surface area contributed by atoms with Crippen molar-refractivity contribution in [2.45, 2.75) is 58.1 Å². The van der Waals surface area contributed by atoms with Gasteiger partial charge in [-0.1, -0.05) is 6.92 Å². The molecule has 1 unspecified atom stereocenters. The summed E-state index contributed by atoms with van der Waals surface area (Å²) in [5.74, 6) is -0.0364. The zero-order valence-corrected chi connectivity index (χ0v) is 12.8. The Bertz CT molecular complexity index is 476. The first kappa shape index (κ1) is 14.5. The van der Waals surface area contributed by atoms with Crippen LogP contribution in [0.4, 0.5) is 0 Å². The second-order valence-corrected chi connectivity index (χ2v) is 6.93. The molecule has 1 aliphatic carbocycles. The van der Waals surface area contributed by atoms with Gasteiger partial charge in [-0.3, -0.25) is 4.79 Å². The maximum absolute atomic E-state index is 12.2. The SMILES string of the molecule is CCC(C)(NC(=O)C1CC(C)(O)C1)c1nc(C)cs1. The maximum Gasteiger partial charge on any atom is 0.224 e. The molecule has 1 heterocycles. The van der Waals surface area contributed by atoms with Crippen LogP contribution in [0.5, 0.6) is 0 Å². The highest BCUT2D eigenvalue weighted by atomic mass is 32.1. The van der Waals surface area contributed by atoms with Crippen LogP contribution >= 0.6 is 11.3 Å². The first-order valence-corrected chi connectivity index (χ1v) is 7.61. The van der Waals surface area contributed by atoms with Crippen LogP contribution in [-0.2, 0) is 10.3 Å². The maximum atomic E-state index is 12.2. The summed E-state index contributed by atoms with van der Waals surface area (Å²) >= 11 is 1.58. The quantitative estimate of drug-likeness (QED) is 0.891. The molecule has 1 aliphatic rings. The summed E-state index contributed by atoms with van der Waals surface area (Å²) in [6.07, 6.45) is 1.90. The molecule has 2 N–H and O–H groups in total. The molecular weight excluding hydrogens is 260 g/mol. The van der Waals surface area contributed by atoms with Crippen molar-refractivity contribution >= 4 is 17.2 Å². The molecule has 1 aromatic rings. The predicted octanol–water partition coefficient (Wildman–Crippen LogP) is 2.35. The van der Waals surface area contributed by atoms with E-state index in [1.807, 2.05) is 26.2 Å². The molecule has 0 spiro atoms. The third-order valence-electron chi connectivity index (χ3n) is 3.94. The lowest BCUT2D eigenvalue weighted by molar-refractivity contribution is -0.141. The van der Waals surface area contributed by atoms with Crippen LogP contribution in [-0.4, -0.2) is 21.6 Å². The fourth-order valence-corrected chi connectivity index (χ4v) is 3.45. The monoisotopic (exact) mass is 282 g/mol. The number of aromatic nitrogens is 1. The summed E-state index contributed by atoms with van der Waals surface area (Å²) in [4.78, 5) is 16.7. The predicted molar refractivity (Wildman–Crippen MR) is 76.0 cm³/mol. The minimum absolute atomic E-state index is 0.0312. The Balaban J connectivity index is 2.05. The van der Waals surface area contributed by atoms with Crippen molar-refractivity contribution in [2.24, 2.45) is 5.92 Å². The second-order valence-electron chi connectivity index (χ2n) is 6.07. The van der Waals surface area contributed by atoms with Crippen molar-refractivity contribution in [3.8, 4) is 0 Å². The van der Waals surface area contributed by atoms with E-state index in [9.17, 15) is 9.90 Å². The molecule has 0 bridgehead atoms. The summed E-state index contributed by atoms with van der Waals surface area (Å²) in [5.41, 5.74) is -0.0830. The number of nitrogens with one attached hydrogen (secondary N) is 1. The fourth-order valence-electron chi connectivity index (χ4n) is 2.46. The number of carbonyl (C=O) groups excluding carboxylic acids is 1. The molecule has 2 rings (SSSR count). The number of amides is 1. The lowest BCUT2D eigenvalue weighted by atomic mass is 9.71. The van der Waals surface area contributed by atoms with Gasteiger partial charge in [0, 0.05) is 17.0 Å². The molecule has 4 nitrogen and oxygen atoms in total. The normalized spacial score (nSPS) is 29.4. The van der Waals surface area contributed by atoms with Crippen LogP contribution in [0, 0.1) is 12.8 Å². The van der Waals surface area contributed by atoms with E-state index in [2.05, 4.69) is 10.3 Å². The van der Waals surface area contributed by atoms with Gasteiger partial charge < -0.3 is 10.4 Å². The lowest BCUT2D eigenvalue weighted by Gasteiger charge is -2.41. The zero-order chi connectivity index (χ0) is 14.3. The average Bonchev–Trinajstić information content (AvgIpc) is 2.73. The number of nitrogens with zero attached hydrogens (tertiary/aromatic N) is 1. The number of carbonyl (C=O) groups is 1. The Morgan fingerprint density at radius 2 is 2.32 bits per heavy atom. The summed E-state index contributed by atoms with van der Waals surface area (Å²) < 4.78 is 0. The van der Waals surface area contributed by atoms with Crippen LogP contribution in [0.15, 0.2) is 5.38 Å². The largest absolute Gasteiger partial charge is 0.390 e. The van der Waals surface area contributed by atoms with Gasteiger partial charge in [0.05, 0.1) is 11.1 Å². The number of rotatable bonds is 4. The van der Waals surface area contributed by atoms with Crippen LogP contribution in [0.25, 0.3) is 0 Å². The van der Waals surface area contributed by atoms with E-state index in [4.69, 9.17) is 0 Å². The Morgan fingerprint density at radius 3 is 2.74 bits per heavy atom. The third kappa shape index (κ3) is 2.98. The number of hydrogen-bond acceptors (Lipinski definition) is 4. The van der Waals surface area contributed by atoms with Gasteiger partial charge in [0.15, 0.2) is 0 Å². The molecule has 106 valence electrons. The summed E-state index contributed by atoms with van der Waals surface area (Å²) in [5, 5.41) is 15.8. The molecule has 5 heteroatoms. The van der Waals surface area contributed by atoms with Gasteiger partial charge in [-0.15, -0.1) is 11.3 Å². The van der Waals surface area contributed by atoms with E-state index in [1.165, 1.54) is 0 Å². The Morgan fingerprint density at radius 1 is 1.68 bits per heavy atom. The van der Waals surface area contributed by atoms with Gasteiger partial charge in [0.25, 0.3) is 0 Å². The molecule has 1 saturated carbocycles. The molecule has 0 radical (unpaired) electrons. The van der Waals surface area contributed by atoms with Gasteiger partial charge >= 0.3 is 0 Å². The van der Waals surface area contributed by atoms with Gasteiger partial charge in [-0.25, -0.2) is 4.98 Å². The van der Waals surface area contributed by atoms with Crippen molar-refractivity contribution in [2.75, 3.05) is 0 Å². The van der Waals surface area contributed by atoms with Crippen LogP contribution in [0.3, 0.4) is 0 Å². The molecule has 19 heavy (non-hydrogen) atoms. The molecule has 0 aromatic carbocycles. The topological polar surface area (TPSA) is 62.2 Å². The highest BCUT2D eigenvalue weighted by molar-refractivity contribution is 7.09. The molecule has 0 saturated heterocycles. The smallest absolute Gasteiger partial charge is 0.224 e. The average molecular weight is 282 g/mol. The summed E-state index contributed by atoms with van der Waals surface area (Å²) in [7, 11) is 0. The number of aryl methyl sites for hydroxylation is 1. The molecule has 1 aromatic heterocycles. The van der Waals surface area contributed by atoms with E-state index < -0.39 is 11.1 Å². The van der Waals surface area contributed by atoms with Crippen molar-refractivity contribution in [1.82, 2.24) is 10.3 Å². The minimum Gasteiger partial charge on any atom is -0.390 e. The minimum atomic E-state index is -0.664. The molecule has 1 amide bonds. The standard InChI is InChI=1S/C14H22N2O2S/c1-5-14(4,12-15-9(2)8-19-12)16-11(17)10-6-13(3,18)7-10/h8,10,18H,5-7H2,1-4H3,(H,16,17). The molecule has 1 fully saturated rings. The van der Waals surface area contributed by atoms with E-state index in [1.54, 1.807) is 18.3 Å². The first-order chi connectivity index (χ1) is 8.76. The second kappa shape index (κ2) is 4.87. The third-order valence-corrected chi connectivity index (χ3v) is 5.16. The Kier molecular flexibility index (Phi) is 3.71. The van der Waals surface area contributed by atoms with Gasteiger partial charge in [-0.05, 0) is 40.0 Å². The van der Waals surface area contributed by atoms with E-state index in [-0.39, 0.29) is 11.8 Å². The summed E-state index contributed by atoms with van der Waals surface area (Å²) in [6, 6.07) is 0. The van der Waals surface area contributed by atoms with Crippen molar-refractivity contribution < 1.29 is 9.90 Å². The van der Waals surface area contributed by atoms with Crippen LogP contribution in [0.1, 0.15) is 50.7 Å². The van der Waals surface area contributed by atoms with Gasteiger partial charge in [-0.2, -0.15) is 0 Å². The van der Waals surface area contributed by atoms with E-state index in [0.717, 1.165) is 17.1 Å². The van der Waals surface area contributed by atoms with Crippen molar-refractivity contribution in [1.29, 1.82) is 0 Å². The first-order valence-electron chi connectivity index (χ1n) is 6.73. The van der Waals surface area contributed by atoms with Crippen molar-refractivity contribution in [3.05, 3.63) is 16.1 Å². The Labute approximate surface area is 118 Å². The zero-order valence-electron chi connectivity index (χ0n) is 12.0. The Hall–Kier alpha value is -0.940. The highest BCUT2D eigenvalue weighted by Gasteiger charge is 2.44. The van der Waals surface area contributed by atoms with Crippen molar-refractivity contribution in [3.63, 3.8) is 0 Å². The van der Waals surface area contributed by atoms with Crippen LogP contribution < -0.4 is 5.32 Å². The van der Waals surface area contributed by atoms with Gasteiger partial charge in [0.1, 0.15) is 5.01 Å². The lowest BCUT2D eigenvalue weighted by Crippen LogP contribution is -2.52. The number of thiazole rings is 1. The summed E-state index contributed by atoms with van der Waals surface area (Å²) in [6.45, 7) is 7.80. The van der Waals surface area contributed by atoms with E-state index >= 15 is 0 Å². The molecular formula is C14H22N2O2S. The van der Waals surface area contributed by atoms with E-state index in [0.29, 0.717) is 12.8 Å². The molecule has 0 aliphatic heterocycles. The number of aliphatic hydroxyl groups is 1. The van der Waals surface area contributed by atoms with Crippen LogP contribution in [0.2, 0.25) is 0 Å². The highest BCUT2D eigenvalue weighted by Crippen LogP contribution is 2.38.